The smallest absolute Gasteiger partial charge is 0.273 e. The standard InChI is InChI=1S/C18H21FN2O5/c1-24-16-8-4-6-13(17(16)22)20-18(23)14-9-11(26-21-14)10-25-15-7-3-2-5-12(15)19/h2-3,5,7,9,13,16-17,22H,4,6,8,10H2,1H3,(H,20,23)/t13-,16-,17-/m1/s1. The molecule has 1 saturated carbocycles. The fourth-order valence-corrected chi connectivity index (χ4v) is 3.00. The Hall–Kier alpha value is -2.45. The Labute approximate surface area is 150 Å². The van der Waals surface area contributed by atoms with Crippen LogP contribution in [0, 0.1) is 5.82 Å². The van der Waals surface area contributed by atoms with Gasteiger partial charge in [-0.3, -0.25) is 4.79 Å². The number of hydrogen-bond donors (Lipinski definition) is 2. The van der Waals surface area contributed by atoms with E-state index in [-0.39, 0.29) is 29.9 Å². The third-order valence-electron chi connectivity index (χ3n) is 4.41. The highest BCUT2D eigenvalue weighted by molar-refractivity contribution is 5.92. The number of halogens is 1. The second-order valence-corrected chi connectivity index (χ2v) is 6.17. The third kappa shape index (κ3) is 4.20. The molecule has 7 nitrogen and oxygen atoms in total. The molecule has 0 bridgehead atoms. The lowest BCUT2D eigenvalue weighted by molar-refractivity contribution is -0.0513. The average molecular weight is 364 g/mol. The molecule has 0 aliphatic heterocycles. The lowest BCUT2D eigenvalue weighted by Crippen LogP contribution is -2.51. The SMILES string of the molecule is CO[C@@H]1CCC[C@@H](NC(=O)c2cc(COc3ccccc3F)on2)[C@H]1O. The van der Waals surface area contributed by atoms with Gasteiger partial charge in [0.05, 0.1) is 12.1 Å². The molecule has 1 fully saturated rings. The van der Waals surface area contributed by atoms with Gasteiger partial charge in [0.2, 0.25) is 0 Å². The summed E-state index contributed by atoms with van der Waals surface area (Å²) in [6.07, 6.45) is 1.20. The van der Waals surface area contributed by atoms with Crippen LogP contribution in [-0.2, 0) is 11.3 Å². The number of aromatic nitrogens is 1. The summed E-state index contributed by atoms with van der Waals surface area (Å²) in [5, 5.41) is 16.7. The fourth-order valence-electron chi connectivity index (χ4n) is 3.00. The van der Waals surface area contributed by atoms with Crippen molar-refractivity contribution in [1.82, 2.24) is 10.5 Å². The maximum atomic E-state index is 13.5. The van der Waals surface area contributed by atoms with E-state index in [4.69, 9.17) is 14.0 Å². The van der Waals surface area contributed by atoms with Gasteiger partial charge in [0, 0.05) is 13.2 Å². The molecule has 1 aromatic carbocycles. The van der Waals surface area contributed by atoms with Gasteiger partial charge < -0.3 is 24.4 Å². The molecule has 1 aromatic heterocycles. The summed E-state index contributed by atoms with van der Waals surface area (Å²) in [5.74, 6) is -0.557. The van der Waals surface area contributed by atoms with E-state index in [1.54, 1.807) is 12.1 Å². The summed E-state index contributed by atoms with van der Waals surface area (Å²) in [5.41, 5.74) is 0.0730. The Bertz CT molecular complexity index is 751. The first-order valence-electron chi connectivity index (χ1n) is 8.43. The largest absolute Gasteiger partial charge is 0.482 e. The first-order chi connectivity index (χ1) is 12.6. The highest BCUT2D eigenvalue weighted by Gasteiger charge is 2.33. The molecule has 0 unspecified atom stereocenters. The molecule has 1 heterocycles. The van der Waals surface area contributed by atoms with Crippen molar-refractivity contribution in [3.63, 3.8) is 0 Å². The number of nitrogens with one attached hydrogen (secondary N) is 1. The Morgan fingerprint density at radius 1 is 1.42 bits per heavy atom. The summed E-state index contributed by atoms with van der Waals surface area (Å²) >= 11 is 0. The molecule has 3 atom stereocenters. The van der Waals surface area contributed by atoms with Crippen molar-refractivity contribution in [3.05, 3.63) is 47.6 Å². The monoisotopic (exact) mass is 364 g/mol. The van der Waals surface area contributed by atoms with Crippen LogP contribution in [0.3, 0.4) is 0 Å². The van der Waals surface area contributed by atoms with Gasteiger partial charge in [-0.25, -0.2) is 4.39 Å². The van der Waals surface area contributed by atoms with Crippen LogP contribution in [0.1, 0.15) is 35.5 Å². The summed E-state index contributed by atoms with van der Waals surface area (Å²) in [6.45, 7) is -0.0565. The quantitative estimate of drug-likeness (QED) is 0.815. The highest BCUT2D eigenvalue weighted by Crippen LogP contribution is 2.22. The zero-order valence-corrected chi connectivity index (χ0v) is 14.4. The number of methoxy groups -OCH3 is 1. The number of aliphatic hydroxyl groups is 1. The number of carbonyl (C=O) groups excluding carboxylic acids is 1. The maximum absolute atomic E-state index is 13.5. The van der Waals surface area contributed by atoms with Gasteiger partial charge in [-0.1, -0.05) is 17.3 Å². The molecular weight excluding hydrogens is 343 g/mol. The molecule has 2 aromatic rings. The van der Waals surface area contributed by atoms with Gasteiger partial charge >= 0.3 is 0 Å². The number of para-hydroxylation sites is 1. The minimum atomic E-state index is -0.770. The van der Waals surface area contributed by atoms with Gasteiger partial charge in [0.25, 0.3) is 5.91 Å². The van der Waals surface area contributed by atoms with Crippen molar-refractivity contribution >= 4 is 5.91 Å². The second kappa shape index (κ2) is 8.29. The van der Waals surface area contributed by atoms with Gasteiger partial charge in [-0.05, 0) is 31.4 Å². The number of aliphatic hydroxyl groups excluding tert-OH is 1. The van der Waals surface area contributed by atoms with E-state index in [0.717, 1.165) is 12.8 Å². The second-order valence-electron chi connectivity index (χ2n) is 6.17. The Kier molecular flexibility index (Phi) is 5.85. The molecule has 1 aliphatic rings. The molecule has 0 spiro atoms. The fraction of sp³-hybridized carbons (Fsp3) is 0.444. The lowest BCUT2D eigenvalue weighted by Gasteiger charge is -2.34. The minimum absolute atomic E-state index is 0.0565. The van der Waals surface area contributed by atoms with Crippen LogP contribution >= 0.6 is 0 Å². The van der Waals surface area contributed by atoms with E-state index in [9.17, 15) is 14.3 Å². The average Bonchev–Trinajstić information content (AvgIpc) is 3.12. The van der Waals surface area contributed by atoms with Crippen molar-refractivity contribution in [2.45, 2.75) is 44.1 Å². The molecule has 1 aliphatic carbocycles. The molecule has 0 radical (unpaired) electrons. The normalized spacial score (nSPS) is 22.8. The molecule has 26 heavy (non-hydrogen) atoms. The van der Waals surface area contributed by atoms with Crippen molar-refractivity contribution in [3.8, 4) is 5.75 Å². The summed E-state index contributed by atoms with van der Waals surface area (Å²) in [6, 6.07) is 7.02. The summed E-state index contributed by atoms with van der Waals surface area (Å²) in [7, 11) is 1.54. The van der Waals surface area contributed by atoms with Crippen LogP contribution in [0.2, 0.25) is 0 Å². The topological polar surface area (TPSA) is 93.8 Å². The predicted molar refractivity (Wildman–Crippen MR) is 89.1 cm³/mol. The summed E-state index contributed by atoms with van der Waals surface area (Å²) < 4.78 is 29.1. The van der Waals surface area contributed by atoms with Crippen LogP contribution in [0.25, 0.3) is 0 Å². The molecule has 8 heteroatoms. The predicted octanol–water partition coefficient (Wildman–Crippen LogP) is 2.05. The van der Waals surface area contributed by atoms with Gasteiger partial charge in [0.1, 0.15) is 12.7 Å². The van der Waals surface area contributed by atoms with Crippen LogP contribution in [-0.4, -0.2) is 41.5 Å². The molecule has 3 rings (SSSR count). The van der Waals surface area contributed by atoms with E-state index in [1.165, 1.54) is 25.3 Å². The zero-order chi connectivity index (χ0) is 18.5. The van der Waals surface area contributed by atoms with Gasteiger partial charge in [0.15, 0.2) is 23.0 Å². The van der Waals surface area contributed by atoms with E-state index in [2.05, 4.69) is 10.5 Å². The Morgan fingerprint density at radius 2 is 2.23 bits per heavy atom. The van der Waals surface area contributed by atoms with E-state index >= 15 is 0 Å². The maximum Gasteiger partial charge on any atom is 0.273 e. The van der Waals surface area contributed by atoms with Gasteiger partial charge in [-0.2, -0.15) is 0 Å². The Balaban J connectivity index is 1.57. The third-order valence-corrected chi connectivity index (χ3v) is 4.41. The number of rotatable bonds is 6. The minimum Gasteiger partial charge on any atom is -0.482 e. The molecule has 1 amide bonds. The van der Waals surface area contributed by atoms with E-state index in [0.29, 0.717) is 6.42 Å². The highest BCUT2D eigenvalue weighted by atomic mass is 19.1. The van der Waals surface area contributed by atoms with Crippen molar-refractivity contribution in [2.75, 3.05) is 7.11 Å². The van der Waals surface area contributed by atoms with Crippen LogP contribution in [0.5, 0.6) is 5.75 Å². The number of ether oxygens (including phenoxy) is 2. The zero-order valence-electron chi connectivity index (χ0n) is 14.4. The van der Waals surface area contributed by atoms with E-state index in [1.807, 2.05) is 0 Å². The summed E-state index contributed by atoms with van der Waals surface area (Å²) in [4.78, 5) is 12.3. The first-order valence-corrected chi connectivity index (χ1v) is 8.43. The number of nitrogens with zero attached hydrogens (tertiary/aromatic N) is 1. The van der Waals surface area contributed by atoms with Crippen molar-refractivity contribution in [1.29, 1.82) is 0 Å². The molecule has 0 saturated heterocycles. The van der Waals surface area contributed by atoms with Crippen molar-refractivity contribution in [2.24, 2.45) is 0 Å². The molecular formula is C18H21FN2O5. The van der Waals surface area contributed by atoms with Gasteiger partial charge in [-0.15, -0.1) is 0 Å². The number of amides is 1. The van der Waals surface area contributed by atoms with E-state index < -0.39 is 23.9 Å². The number of benzene rings is 1. The van der Waals surface area contributed by atoms with Crippen LogP contribution in [0.15, 0.2) is 34.9 Å². The Morgan fingerprint density at radius 3 is 3.00 bits per heavy atom. The molecule has 140 valence electrons. The molecule has 2 N–H and O–H groups in total. The number of carbonyl (C=O) groups is 1. The first kappa shape index (κ1) is 18.3. The van der Waals surface area contributed by atoms with Crippen LogP contribution in [0.4, 0.5) is 4.39 Å². The van der Waals surface area contributed by atoms with Crippen molar-refractivity contribution < 1.29 is 28.3 Å². The van der Waals surface area contributed by atoms with Crippen LogP contribution < -0.4 is 10.1 Å². The number of hydrogen-bond acceptors (Lipinski definition) is 6. The lowest BCUT2D eigenvalue weighted by atomic mass is 9.90.